The standard InChI is InChI=1S/C13H19NO3S/c1-10-8-11(2)13(12(9-10)14(15)16)17-6-4-3-5-7-18/h8-9,18H,3-7H2,1-2H3. The van der Waals surface area contributed by atoms with Crippen molar-refractivity contribution in [1.29, 1.82) is 0 Å². The van der Waals surface area contributed by atoms with Crippen LogP contribution in [0.3, 0.4) is 0 Å². The van der Waals surface area contributed by atoms with Crippen molar-refractivity contribution in [1.82, 2.24) is 0 Å². The van der Waals surface area contributed by atoms with Gasteiger partial charge in [-0.1, -0.05) is 6.07 Å². The van der Waals surface area contributed by atoms with Crippen molar-refractivity contribution in [3.05, 3.63) is 33.4 Å². The molecule has 0 aromatic heterocycles. The highest BCUT2D eigenvalue weighted by atomic mass is 32.1. The quantitative estimate of drug-likeness (QED) is 0.355. The number of nitrogens with zero attached hydrogens (tertiary/aromatic N) is 1. The van der Waals surface area contributed by atoms with Crippen molar-refractivity contribution in [2.24, 2.45) is 0 Å². The van der Waals surface area contributed by atoms with Crippen LogP contribution in [0.2, 0.25) is 0 Å². The third-order valence-electron chi connectivity index (χ3n) is 2.64. The molecule has 0 saturated heterocycles. The van der Waals surface area contributed by atoms with Gasteiger partial charge in [-0.2, -0.15) is 12.6 Å². The topological polar surface area (TPSA) is 52.4 Å². The second kappa shape index (κ2) is 7.26. The van der Waals surface area contributed by atoms with E-state index in [0.29, 0.717) is 12.4 Å². The summed E-state index contributed by atoms with van der Waals surface area (Å²) in [7, 11) is 0. The summed E-state index contributed by atoms with van der Waals surface area (Å²) >= 11 is 4.13. The molecule has 0 aliphatic carbocycles. The van der Waals surface area contributed by atoms with Crippen LogP contribution in [0.15, 0.2) is 12.1 Å². The minimum Gasteiger partial charge on any atom is -0.487 e. The number of benzene rings is 1. The maximum Gasteiger partial charge on any atom is 0.311 e. The third kappa shape index (κ3) is 4.22. The van der Waals surface area contributed by atoms with Gasteiger partial charge in [-0.3, -0.25) is 10.1 Å². The molecule has 1 aromatic rings. The summed E-state index contributed by atoms with van der Waals surface area (Å²) in [4.78, 5) is 10.6. The molecular weight excluding hydrogens is 250 g/mol. The van der Waals surface area contributed by atoms with Crippen LogP contribution in [-0.4, -0.2) is 17.3 Å². The molecular formula is C13H19NO3S. The van der Waals surface area contributed by atoms with Gasteiger partial charge in [0, 0.05) is 6.07 Å². The Balaban J connectivity index is 2.71. The van der Waals surface area contributed by atoms with Crippen molar-refractivity contribution < 1.29 is 9.66 Å². The van der Waals surface area contributed by atoms with Crippen LogP contribution in [-0.2, 0) is 0 Å². The molecule has 0 radical (unpaired) electrons. The lowest BCUT2D eigenvalue weighted by molar-refractivity contribution is -0.386. The number of hydrogen-bond donors (Lipinski definition) is 1. The van der Waals surface area contributed by atoms with Crippen LogP contribution in [0, 0.1) is 24.0 Å². The summed E-state index contributed by atoms with van der Waals surface area (Å²) in [6, 6.07) is 3.45. The zero-order valence-corrected chi connectivity index (χ0v) is 11.7. The van der Waals surface area contributed by atoms with Gasteiger partial charge in [-0.15, -0.1) is 0 Å². The van der Waals surface area contributed by atoms with E-state index in [9.17, 15) is 10.1 Å². The second-order valence-electron chi connectivity index (χ2n) is 4.32. The lowest BCUT2D eigenvalue weighted by atomic mass is 10.1. The van der Waals surface area contributed by atoms with Crippen molar-refractivity contribution in [3.63, 3.8) is 0 Å². The fourth-order valence-corrected chi connectivity index (χ4v) is 2.04. The summed E-state index contributed by atoms with van der Waals surface area (Å²) < 4.78 is 5.56. The van der Waals surface area contributed by atoms with E-state index in [1.54, 1.807) is 6.07 Å². The molecule has 0 amide bonds. The van der Waals surface area contributed by atoms with Crippen LogP contribution in [0.5, 0.6) is 5.75 Å². The molecule has 4 nitrogen and oxygen atoms in total. The summed E-state index contributed by atoms with van der Waals surface area (Å²) in [6.07, 6.45) is 2.97. The number of ether oxygens (including phenoxy) is 1. The molecule has 1 aromatic carbocycles. The zero-order chi connectivity index (χ0) is 13.5. The number of thiol groups is 1. The first kappa shape index (κ1) is 14.8. The van der Waals surface area contributed by atoms with Crippen LogP contribution in [0.1, 0.15) is 30.4 Å². The normalized spacial score (nSPS) is 10.4. The molecule has 0 aliphatic rings. The summed E-state index contributed by atoms with van der Waals surface area (Å²) in [5.74, 6) is 1.26. The molecule has 0 N–H and O–H groups in total. The van der Waals surface area contributed by atoms with Crippen molar-refractivity contribution >= 4 is 18.3 Å². The molecule has 5 heteroatoms. The Hall–Kier alpha value is -1.23. The fourth-order valence-electron chi connectivity index (χ4n) is 1.82. The van der Waals surface area contributed by atoms with Crippen LogP contribution < -0.4 is 4.74 Å². The minimum absolute atomic E-state index is 0.0571. The van der Waals surface area contributed by atoms with Crippen molar-refractivity contribution in [3.8, 4) is 5.75 Å². The number of hydrogen-bond acceptors (Lipinski definition) is 4. The van der Waals surface area contributed by atoms with E-state index in [4.69, 9.17) is 4.74 Å². The predicted molar refractivity (Wildman–Crippen MR) is 75.8 cm³/mol. The minimum atomic E-state index is -0.386. The van der Waals surface area contributed by atoms with E-state index in [0.717, 1.165) is 36.1 Å². The molecule has 1 rings (SSSR count). The molecule has 18 heavy (non-hydrogen) atoms. The maximum absolute atomic E-state index is 11.0. The lowest BCUT2D eigenvalue weighted by Gasteiger charge is -2.10. The van der Waals surface area contributed by atoms with Gasteiger partial charge in [0.05, 0.1) is 11.5 Å². The highest BCUT2D eigenvalue weighted by Gasteiger charge is 2.18. The van der Waals surface area contributed by atoms with E-state index in [2.05, 4.69) is 12.6 Å². The number of rotatable bonds is 7. The summed E-state index contributed by atoms with van der Waals surface area (Å²) in [5.41, 5.74) is 1.75. The van der Waals surface area contributed by atoms with Crippen LogP contribution in [0.25, 0.3) is 0 Å². The third-order valence-corrected chi connectivity index (χ3v) is 2.96. The maximum atomic E-state index is 11.0. The first-order valence-corrected chi connectivity index (χ1v) is 6.68. The Kier molecular flexibility index (Phi) is 5.98. The van der Waals surface area contributed by atoms with Gasteiger partial charge in [-0.05, 0) is 50.0 Å². The van der Waals surface area contributed by atoms with E-state index in [-0.39, 0.29) is 10.6 Å². The fraction of sp³-hybridized carbons (Fsp3) is 0.538. The Morgan fingerprint density at radius 1 is 1.28 bits per heavy atom. The van der Waals surface area contributed by atoms with Gasteiger partial charge in [-0.25, -0.2) is 0 Å². The highest BCUT2D eigenvalue weighted by Crippen LogP contribution is 2.32. The number of nitro groups is 1. The van der Waals surface area contributed by atoms with Gasteiger partial charge in [0.2, 0.25) is 0 Å². The molecule has 0 fully saturated rings. The first-order valence-electron chi connectivity index (χ1n) is 6.05. The van der Waals surface area contributed by atoms with Crippen molar-refractivity contribution in [2.75, 3.05) is 12.4 Å². The molecule has 0 aliphatic heterocycles. The Morgan fingerprint density at radius 3 is 2.61 bits per heavy atom. The summed E-state index contributed by atoms with van der Waals surface area (Å²) in [5, 5.41) is 11.0. The van der Waals surface area contributed by atoms with Gasteiger partial charge >= 0.3 is 5.69 Å². The SMILES string of the molecule is Cc1cc(C)c(OCCCCCS)c([N+](=O)[O-])c1. The van der Waals surface area contributed by atoms with Gasteiger partial charge in [0.15, 0.2) is 5.75 Å². The second-order valence-corrected chi connectivity index (χ2v) is 4.77. The van der Waals surface area contributed by atoms with Gasteiger partial charge < -0.3 is 4.74 Å². The highest BCUT2D eigenvalue weighted by molar-refractivity contribution is 7.80. The largest absolute Gasteiger partial charge is 0.487 e. The smallest absolute Gasteiger partial charge is 0.311 e. The number of unbranched alkanes of at least 4 members (excludes halogenated alkanes) is 2. The zero-order valence-electron chi connectivity index (χ0n) is 10.8. The Labute approximate surface area is 113 Å². The molecule has 0 heterocycles. The van der Waals surface area contributed by atoms with Crippen molar-refractivity contribution in [2.45, 2.75) is 33.1 Å². The number of aryl methyl sites for hydroxylation is 2. The number of nitro benzene ring substituents is 1. The average Bonchev–Trinajstić information content (AvgIpc) is 2.30. The van der Waals surface area contributed by atoms with Crippen LogP contribution in [0.4, 0.5) is 5.69 Å². The monoisotopic (exact) mass is 269 g/mol. The average molecular weight is 269 g/mol. The molecule has 100 valence electrons. The van der Waals surface area contributed by atoms with Crippen LogP contribution >= 0.6 is 12.6 Å². The molecule has 0 unspecified atom stereocenters. The van der Waals surface area contributed by atoms with Gasteiger partial charge in [0.1, 0.15) is 0 Å². The Morgan fingerprint density at radius 2 is 2.00 bits per heavy atom. The van der Waals surface area contributed by atoms with E-state index < -0.39 is 0 Å². The molecule has 0 bridgehead atoms. The van der Waals surface area contributed by atoms with Gasteiger partial charge in [0.25, 0.3) is 0 Å². The molecule has 0 saturated carbocycles. The van der Waals surface area contributed by atoms with E-state index in [1.165, 1.54) is 0 Å². The first-order chi connectivity index (χ1) is 8.56. The van der Waals surface area contributed by atoms with E-state index >= 15 is 0 Å². The molecule has 0 spiro atoms. The molecule has 0 atom stereocenters. The van der Waals surface area contributed by atoms with E-state index in [1.807, 2.05) is 19.9 Å². The lowest BCUT2D eigenvalue weighted by Crippen LogP contribution is -2.03. The predicted octanol–water partition coefficient (Wildman–Crippen LogP) is 3.69. The Bertz CT molecular complexity index is 421. The summed E-state index contributed by atoms with van der Waals surface area (Å²) in [6.45, 7) is 4.19.